The quantitative estimate of drug-likeness (QED) is 0.151. The molecular weight excluding hydrogens is 713 g/mol. The van der Waals surface area contributed by atoms with E-state index in [0.29, 0.717) is 19.4 Å². The maximum Gasteiger partial charge on any atom is 0.326 e. The maximum absolute atomic E-state index is 14.5. The molecule has 0 spiro atoms. The predicted octanol–water partition coefficient (Wildman–Crippen LogP) is 5.71. The number of amides is 3. The van der Waals surface area contributed by atoms with Crippen molar-refractivity contribution in [1.29, 1.82) is 0 Å². The number of likely N-dealkylation sites (N-methyl/N-ethyl adjacent to an activating group) is 2. The van der Waals surface area contributed by atoms with Crippen LogP contribution in [0.15, 0.2) is 30.3 Å². The average Bonchev–Trinajstić information content (AvgIpc) is 3.62. The van der Waals surface area contributed by atoms with Gasteiger partial charge < -0.3 is 29.7 Å². The Morgan fingerprint density at radius 1 is 0.929 bits per heavy atom. The summed E-state index contributed by atoms with van der Waals surface area (Å²) in [7, 11) is 6.80. The van der Waals surface area contributed by atoms with Gasteiger partial charge in [-0.25, -0.2) is 4.79 Å². The molecule has 1 aliphatic heterocycles. The van der Waals surface area contributed by atoms with Crippen molar-refractivity contribution in [2.75, 3.05) is 34.9 Å². The molecule has 1 aromatic rings. The molecule has 12 nitrogen and oxygen atoms in total. The number of rotatable bonds is 22. The highest BCUT2D eigenvalue weighted by atomic mass is 16.5. The number of benzene rings is 1. The van der Waals surface area contributed by atoms with Crippen LogP contribution in [0.25, 0.3) is 0 Å². The van der Waals surface area contributed by atoms with Gasteiger partial charge in [-0.15, -0.1) is 0 Å². The first-order chi connectivity index (χ1) is 26.1. The number of carbonyl (C=O) groups excluding carboxylic acids is 4. The van der Waals surface area contributed by atoms with E-state index in [0.717, 1.165) is 12.0 Å². The number of carbonyl (C=O) groups is 5. The van der Waals surface area contributed by atoms with Crippen molar-refractivity contribution in [2.24, 2.45) is 29.6 Å². The summed E-state index contributed by atoms with van der Waals surface area (Å²) in [5.74, 6) is -3.22. The normalized spacial score (nSPS) is 19.2. The maximum atomic E-state index is 14.5. The van der Waals surface area contributed by atoms with Crippen molar-refractivity contribution in [1.82, 2.24) is 20.0 Å². The molecule has 1 saturated heterocycles. The van der Waals surface area contributed by atoms with Gasteiger partial charge in [-0.3, -0.25) is 24.1 Å². The molecule has 0 saturated carbocycles. The number of hydrogen-bond donors (Lipinski definition) is 2. The van der Waals surface area contributed by atoms with Crippen molar-refractivity contribution >= 4 is 29.5 Å². The monoisotopic (exact) mass is 787 g/mol. The van der Waals surface area contributed by atoms with Gasteiger partial charge in [0.05, 0.1) is 42.7 Å². The number of aliphatic carboxylic acids is 1. The molecule has 2 rings (SSSR count). The minimum Gasteiger partial charge on any atom is -0.480 e. The SMILES string of the molecule is CCC(C)C(C(CC(=O)N1CCCC1C(OC)C(C)C(=O)NC(Cc1ccccc1)C(=O)O)OC)N(C)C(=O)C(CC(=O)C(C(C)C)N(C)C(C)(C)C)C(C)C. The van der Waals surface area contributed by atoms with E-state index in [4.69, 9.17) is 9.47 Å². The summed E-state index contributed by atoms with van der Waals surface area (Å²) in [5.41, 5.74) is 0.559. The average molecular weight is 787 g/mol. The van der Waals surface area contributed by atoms with Crippen molar-refractivity contribution in [3.63, 3.8) is 0 Å². The topological polar surface area (TPSA) is 146 Å². The summed E-state index contributed by atoms with van der Waals surface area (Å²) in [6.45, 7) is 20.5. The van der Waals surface area contributed by atoms with E-state index in [1.54, 1.807) is 30.9 Å². The summed E-state index contributed by atoms with van der Waals surface area (Å²) >= 11 is 0. The number of hydrogen-bond acceptors (Lipinski definition) is 8. The van der Waals surface area contributed by atoms with Crippen molar-refractivity contribution in [3.8, 4) is 0 Å². The standard InChI is InChI=1S/C44H74N4O8/c1-15-29(6)39(46(11)42(52)32(27(2)3)25-35(49)38(28(4)5)47(12)44(8,9)10)36(55-13)26-37(50)48-23-19-22-34(48)40(56-14)30(7)41(51)45-33(43(53)54)24-31-20-17-16-18-21-31/h16-18,20-21,27-30,32-34,36,38-40H,15,19,22-26H2,1-14H3,(H,45,51)(H,53,54). The zero-order valence-corrected chi connectivity index (χ0v) is 36.8. The van der Waals surface area contributed by atoms with Gasteiger partial charge in [0.25, 0.3) is 0 Å². The van der Waals surface area contributed by atoms with Crippen LogP contribution >= 0.6 is 0 Å². The summed E-state index contributed by atoms with van der Waals surface area (Å²) in [4.78, 5) is 73.9. The van der Waals surface area contributed by atoms with E-state index in [1.807, 2.05) is 72.0 Å². The molecule has 0 bridgehead atoms. The molecule has 56 heavy (non-hydrogen) atoms. The zero-order valence-electron chi connectivity index (χ0n) is 36.8. The number of ether oxygens (including phenoxy) is 2. The largest absolute Gasteiger partial charge is 0.480 e. The third-order valence-electron chi connectivity index (χ3n) is 12.1. The van der Waals surface area contributed by atoms with Crippen molar-refractivity contribution in [3.05, 3.63) is 35.9 Å². The van der Waals surface area contributed by atoms with Crippen molar-refractivity contribution < 1.29 is 38.6 Å². The number of nitrogens with zero attached hydrogens (tertiary/aromatic N) is 3. The molecule has 318 valence electrons. The second-order valence-electron chi connectivity index (χ2n) is 17.7. The zero-order chi connectivity index (χ0) is 42.7. The first-order valence-corrected chi connectivity index (χ1v) is 20.6. The molecule has 0 radical (unpaired) electrons. The Morgan fingerprint density at radius 3 is 2.02 bits per heavy atom. The van der Waals surface area contributed by atoms with Crippen LogP contribution in [0.1, 0.15) is 107 Å². The van der Waals surface area contributed by atoms with Crippen LogP contribution < -0.4 is 5.32 Å². The number of nitrogens with one attached hydrogen (secondary N) is 1. The predicted molar refractivity (Wildman–Crippen MR) is 220 cm³/mol. The van der Waals surface area contributed by atoms with Gasteiger partial charge in [0, 0.05) is 52.1 Å². The highest BCUT2D eigenvalue weighted by molar-refractivity contribution is 5.90. The van der Waals surface area contributed by atoms with E-state index in [9.17, 15) is 29.1 Å². The second kappa shape index (κ2) is 22.0. The highest BCUT2D eigenvalue weighted by Gasteiger charge is 2.44. The summed E-state index contributed by atoms with van der Waals surface area (Å²) in [6, 6.07) is 6.80. The Morgan fingerprint density at radius 2 is 1.54 bits per heavy atom. The summed E-state index contributed by atoms with van der Waals surface area (Å²) < 4.78 is 11.9. The Bertz CT molecular complexity index is 1430. The van der Waals surface area contributed by atoms with Crippen LogP contribution in [0.2, 0.25) is 0 Å². The molecular formula is C44H74N4O8. The van der Waals surface area contributed by atoms with Gasteiger partial charge in [0.1, 0.15) is 6.04 Å². The lowest BCUT2D eigenvalue weighted by Gasteiger charge is -2.42. The first kappa shape index (κ1) is 48.8. The first-order valence-electron chi connectivity index (χ1n) is 20.6. The van der Waals surface area contributed by atoms with E-state index >= 15 is 0 Å². The molecule has 1 heterocycles. The fourth-order valence-corrected chi connectivity index (χ4v) is 8.32. The molecule has 1 fully saturated rings. The molecule has 0 aromatic heterocycles. The number of likely N-dealkylation sites (tertiary alicyclic amines) is 1. The Labute approximate surface area is 337 Å². The molecule has 2 N–H and O–H groups in total. The van der Waals surface area contributed by atoms with Crippen LogP contribution in [0.4, 0.5) is 0 Å². The van der Waals surface area contributed by atoms with Gasteiger partial charge in [0.2, 0.25) is 17.7 Å². The molecule has 9 unspecified atom stereocenters. The Balaban J connectivity index is 2.30. The van der Waals surface area contributed by atoms with Gasteiger partial charge in [0.15, 0.2) is 5.78 Å². The number of carboxylic acids is 1. The second-order valence-corrected chi connectivity index (χ2v) is 17.7. The molecule has 1 aromatic carbocycles. The molecule has 9 atom stereocenters. The number of Topliss-reactive ketones (excluding diaryl/α,β-unsaturated/α-hetero) is 1. The van der Waals surface area contributed by atoms with Gasteiger partial charge in [-0.05, 0) is 64.0 Å². The van der Waals surface area contributed by atoms with Gasteiger partial charge >= 0.3 is 5.97 Å². The third kappa shape index (κ3) is 12.8. The lowest BCUT2D eigenvalue weighted by Crippen LogP contribution is -2.55. The van der Waals surface area contributed by atoms with Gasteiger partial charge in [-0.1, -0.05) is 85.2 Å². The van der Waals surface area contributed by atoms with E-state index in [-0.39, 0.29) is 66.2 Å². The lowest BCUT2D eigenvalue weighted by molar-refractivity contribution is -0.149. The van der Waals surface area contributed by atoms with Crippen LogP contribution in [0.5, 0.6) is 0 Å². The molecule has 1 aliphatic rings. The van der Waals surface area contributed by atoms with E-state index in [2.05, 4.69) is 37.9 Å². The van der Waals surface area contributed by atoms with Crippen LogP contribution in [-0.2, 0) is 39.9 Å². The fraction of sp³-hybridized carbons (Fsp3) is 0.750. The molecule has 3 amide bonds. The summed E-state index contributed by atoms with van der Waals surface area (Å²) in [6.07, 6.45) is 1.01. The van der Waals surface area contributed by atoms with E-state index in [1.165, 1.54) is 7.11 Å². The number of methoxy groups -OCH3 is 2. The van der Waals surface area contributed by atoms with Crippen LogP contribution in [0.3, 0.4) is 0 Å². The van der Waals surface area contributed by atoms with Crippen LogP contribution in [-0.4, -0.2) is 126 Å². The highest BCUT2D eigenvalue weighted by Crippen LogP contribution is 2.31. The minimum absolute atomic E-state index is 0.00583. The minimum atomic E-state index is -1.13. The lowest BCUT2D eigenvalue weighted by atomic mass is 9.83. The Kier molecular flexibility index (Phi) is 19.1. The number of carboxylic acid groups (broad SMARTS) is 1. The summed E-state index contributed by atoms with van der Waals surface area (Å²) in [5, 5.41) is 12.6. The fourth-order valence-electron chi connectivity index (χ4n) is 8.32. The third-order valence-corrected chi connectivity index (χ3v) is 12.1. The smallest absolute Gasteiger partial charge is 0.326 e. The van der Waals surface area contributed by atoms with Crippen LogP contribution in [0, 0.1) is 29.6 Å². The Hall–Kier alpha value is -3.35. The number of ketones is 1. The van der Waals surface area contributed by atoms with Gasteiger partial charge in [-0.2, -0.15) is 0 Å². The molecule has 12 heteroatoms. The molecule has 0 aliphatic carbocycles. The van der Waals surface area contributed by atoms with E-state index < -0.39 is 54.0 Å². The van der Waals surface area contributed by atoms with Crippen molar-refractivity contribution in [2.45, 2.75) is 150 Å².